The highest BCUT2D eigenvalue weighted by Gasteiger charge is 2.31. The van der Waals surface area contributed by atoms with Gasteiger partial charge in [0.15, 0.2) is 0 Å². The molecule has 0 aliphatic heterocycles. The number of hydrogen-bond donors (Lipinski definition) is 2. The number of benzene rings is 2. The highest BCUT2D eigenvalue weighted by Crippen LogP contribution is 2.33. The van der Waals surface area contributed by atoms with Crippen LogP contribution in [0.5, 0.6) is 5.75 Å². The van der Waals surface area contributed by atoms with Crippen molar-refractivity contribution < 1.29 is 31.1 Å². The van der Waals surface area contributed by atoms with Gasteiger partial charge in [0.05, 0.1) is 11.3 Å². The fourth-order valence-electron chi connectivity index (χ4n) is 2.91. The van der Waals surface area contributed by atoms with E-state index in [1.807, 2.05) is 0 Å². The van der Waals surface area contributed by atoms with Crippen LogP contribution >= 0.6 is 0 Å². The first-order valence-electron chi connectivity index (χ1n) is 9.51. The molecule has 1 heterocycles. The van der Waals surface area contributed by atoms with Gasteiger partial charge >= 0.3 is 12.5 Å². The molecule has 11 heteroatoms. The van der Waals surface area contributed by atoms with Gasteiger partial charge in [-0.25, -0.2) is 4.98 Å². The second-order valence-corrected chi connectivity index (χ2v) is 7.16. The van der Waals surface area contributed by atoms with E-state index >= 15 is 0 Å². The molecule has 4 rings (SSSR count). The highest BCUT2D eigenvalue weighted by molar-refractivity contribution is 5.68. The number of ether oxygens (including phenoxy) is 1. The van der Waals surface area contributed by atoms with E-state index in [0.29, 0.717) is 5.56 Å². The van der Waals surface area contributed by atoms with E-state index in [4.69, 9.17) is 0 Å². The molecule has 0 spiro atoms. The SMILES string of the molecule is FC(F)(F)Oc1cccc(-c2cc(Nc3cccc(C(F)(F)F)c3)nc(NC3CC3)n2)c1. The standard InChI is InChI=1S/C21H16F6N4O/c22-20(23,24)13-4-2-5-15(10-13)28-18-11-17(30-19(31-18)29-14-7-8-14)12-3-1-6-16(9-12)32-21(25,26)27/h1-6,9-11,14H,7-8H2,(H2,28,29,30,31). The van der Waals surface area contributed by atoms with E-state index < -0.39 is 23.9 Å². The number of nitrogens with one attached hydrogen (secondary N) is 2. The Morgan fingerprint density at radius 1 is 0.875 bits per heavy atom. The van der Waals surface area contributed by atoms with Crippen LogP contribution in [-0.2, 0) is 6.18 Å². The summed E-state index contributed by atoms with van der Waals surface area (Å²) in [6.07, 6.45) is -7.52. The zero-order chi connectivity index (χ0) is 22.9. The van der Waals surface area contributed by atoms with Crippen LogP contribution in [0.2, 0.25) is 0 Å². The van der Waals surface area contributed by atoms with Gasteiger partial charge in [-0.1, -0.05) is 18.2 Å². The summed E-state index contributed by atoms with van der Waals surface area (Å²) in [5, 5.41) is 5.90. The lowest BCUT2D eigenvalue weighted by atomic mass is 10.1. The Bertz CT molecular complexity index is 1110. The monoisotopic (exact) mass is 454 g/mol. The minimum absolute atomic E-state index is 0.149. The normalized spacial score (nSPS) is 14.2. The van der Waals surface area contributed by atoms with Gasteiger partial charge in [-0.15, -0.1) is 13.2 Å². The first kappa shape index (κ1) is 21.7. The summed E-state index contributed by atoms with van der Waals surface area (Å²) in [5.74, 6) is -0.0288. The van der Waals surface area contributed by atoms with Crippen LogP contribution in [-0.4, -0.2) is 22.4 Å². The number of rotatable bonds is 6. The molecule has 0 radical (unpaired) electrons. The van der Waals surface area contributed by atoms with Crippen molar-refractivity contribution in [3.05, 3.63) is 60.2 Å². The van der Waals surface area contributed by atoms with Crippen molar-refractivity contribution in [2.45, 2.75) is 31.4 Å². The van der Waals surface area contributed by atoms with Crippen molar-refractivity contribution in [3.63, 3.8) is 0 Å². The van der Waals surface area contributed by atoms with Crippen molar-refractivity contribution in [1.82, 2.24) is 9.97 Å². The lowest BCUT2D eigenvalue weighted by Crippen LogP contribution is -2.17. The van der Waals surface area contributed by atoms with Gasteiger partial charge in [-0.2, -0.15) is 18.2 Å². The van der Waals surface area contributed by atoms with Crippen LogP contribution in [0.1, 0.15) is 18.4 Å². The second-order valence-electron chi connectivity index (χ2n) is 7.16. The molecule has 1 aliphatic carbocycles. The van der Waals surface area contributed by atoms with Crippen LogP contribution in [0.4, 0.5) is 43.8 Å². The summed E-state index contributed by atoms with van der Waals surface area (Å²) in [5.41, 5.74) is -0.0912. The van der Waals surface area contributed by atoms with Crippen LogP contribution in [0.3, 0.4) is 0 Å². The van der Waals surface area contributed by atoms with E-state index in [1.165, 1.54) is 30.3 Å². The van der Waals surface area contributed by atoms with E-state index in [0.717, 1.165) is 31.0 Å². The van der Waals surface area contributed by atoms with Gasteiger partial charge in [0.25, 0.3) is 0 Å². The Labute approximate surface area is 178 Å². The van der Waals surface area contributed by atoms with Crippen molar-refractivity contribution in [2.24, 2.45) is 0 Å². The summed E-state index contributed by atoms with van der Waals surface area (Å²) in [7, 11) is 0. The predicted octanol–water partition coefficient (Wildman–Crippen LogP) is 6.38. The largest absolute Gasteiger partial charge is 0.573 e. The van der Waals surface area contributed by atoms with E-state index in [-0.39, 0.29) is 29.2 Å². The lowest BCUT2D eigenvalue weighted by molar-refractivity contribution is -0.274. The maximum Gasteiger partial charge on any atom is 0.573 e. The summed E-state index contributed by atoms with van der Waals surface area (Å²) in [6.45, 7) is 0. The topological polar surface area (TPSA) is 59.1 Å². The van der Waals surface area contributed by atoms with E-state index in [2.05, 4.69) is 25.3 Å². The first-order chi connectivity index (χ1) is 15.0. The smallest absolute Gasteiger partial charge is 0.406 e. The zero-order valence-electron chi connectivity index (χ0n) is 16.3. The van der Waals surface area contributed by atoms with Gasteiger partial charge in [-0.3, -0.25) is 0 Å². The summed E-state index contributed by atoms with van der Waals surface area (Å²) in [6, 6.07) is 11.5. The fourth-order valence-corrected chi connectivity index (χ4v) is 2.91. The fraction of sp³-hybridized carbons (Fsp3) is 0.238. The Morgan fingerprint density at radius 2 is 1.62 bits per heavy atom. The van der Waals surface area contributed by atoms with Crippen LogP contribution in [0.15, 0.2) is 54.6 Å². The maximum absolute atomic E-state index is 13.0. The zero-order valence-corrected chi connectivity index (χ0v) is 16.3. The summed E-state index contributed by atoms with van der Waals surface area (Å²) < 4.78 is 80.7. The Morgan fingerprint density at radius 3 is 2.31 bits per heavy atom. The van der Waals surface area contributed by atoms with Gasteiger partial charge < -0.3 is 15.4 Å². The number of hydrogen-bond acceptors (Lipinski definition) is 5. The molecule has 0 atom stereocenters. The number of halogens is 6. The molecule has 1 aromatic heterocycles. The molecule has 0 amide bonds. The van der Waals surface area contributed by atoms with Gasteiger partial charge in [-0.05, 0) is 43.2 Å². The number of nitrogens with zero attached hydrogens (tertiary/aromatic N) is 2. The lowest BCUT2D eigenvalue weighted by Gasteiger charge is -2.14. The van der Waals surface area contributed by atoms with Crippen molar-refractivity contribution in [3.8, 4) is 17.0 Å². The minimum atomic E-state index is -4.85. The summed E-state index contributed by atoms with van der Waals surface area (Å²) >= 11 is 0. The molecule has 3 aromatic rings. The molecule has 0 saturated heterocycles. The third-order valence-corrected chi connectivity index (χ3v) is 4.46. The van der Waals surface area contributed by atoms with Crippen molar-refractivity contribution >= 4 is 17.5 Å². The summed E-state index contributed by atoms with van der Waals surface area (Å²) in [4.78, 5) is 8.62. The van der Waals surface area contributed by atoms with Crippen LogP contribution < -0.4 is 15.4 Å². The van der Waals surface area contributed by atoms with Crippen molar-refractivity contribution in [1.29, 1.82) is 0 Å². The molecule has 2 N–H and O–H groups in total. The molecular weight excluding hydrogens is 438 g/mol. The van der Waals surface area contributed by atoms with E-state index in [9.17, 15) is 26.3 Å². The van der Waals surface area contributed by atoms with Crippen LogP contribution in [0, 0.1) is 0 Å². The van der Waals surface area contributed by atoms with Gasteiger partial charge in [0.1, 0.15) is 11.6 Å². The minimum Gasteiger partial charge on any atom is -0.406 e. The Kier molecular flexibility index (Phi) is 5.57. The quantitative estimate of drug-likeness (QED) is 0.424. The number of aromatic nitrogens is 2. The molecule has 5 nitrogen and oxygen atoms in total. The molecule has 0 unspecified atom stereocenters. The molecule has 2 aromatic carbocycles. The molecule has 32 heavy (non-hydrogen) atoms. The second kappa shape index (κ2) is 8.21. The Hall–Kier alpha value is -3.50. The van der Waals surface area contributed by atoms with Crippen molar-refractivity contribution in [2.75, 3.05) is 10.6 Å². The molecule has 1 saturated carbocycles. The maximum atomic E-state index is 13.0. The highest BCUT2D eigenvalue weighted by atomic mass is 19.4. The molecule has 0 bridgehead atoms. The average Bonchev–Trinajstić information content (AvgIpc) is 3.50. The van der Waals surface area contributed by atoms with Gasteiger partial charge in [0, 0.05) is 23.4 Å². The third-order valence-electron chi connectivity index (χ3n) is 4.46. The van der Waals surface area contributed by atoms with E-state index in [1.54, 1.807) is 6.07 Å². The third kappa shape index (κ3) is 5.80. The first-order valence-corrected chi connectivity index (χ1v) is 9.51. The molecule has 1 aliphatic rings. The van der Waals surface area contributed by atoms with Crippen LogP contribution in [0.25, 0.3) is 11.3 Å². The number of alkyl halides is 6. The molecular formula is C21H16F6N4O. The average molecular weight is 454 g/mol. The molecule has 168 valence electrons. The Balaban J connectivity index is 1.67. The molecule has 1 fully saturated rings. The van der Waals surface area contributed by atoms with Gasteiger partial charge in [0.2, 0.25) is 5.95 Å². The predicted molar refractivity (Wildman–Crippen MR) is 106 cm³/mol. The number of anilines is 3.